The summed E-state index contributed by atoms with van der Waals surface area (Å²) in [6.07, 6.45) is 3.38. The fourth-order valence-corrected chi connectivity index (χ4v) is 4.47. The molecule has 1 aromatic rings. The largest absolute Gasteiger partial charge is 0.301 e. The average Bonchev–Trinajstić information content (AvgIpc) is 2.95. The van der Waals surface area contributed by atoms with Crippen LogP contribution in [0.3, 0.4) is 0 Å². The van der Waals surface area contributed by atoms with E-state index in [4.69, 9.17) is 0 Å². The van der Waals surface area contributed by atoms with Crippen molar-refractivity contribution in [3.05, 3.63) is 10.6 Å². The van der Waals surface area contributed by atoms with Crippen LogP contribution in [0.2, 0.25) is 0 Å². The molecule has 1 aromatic heterocycles. The van der Waals surface area contributed by atoms with Crippen LogP contribution in [0.15, 0.2) is 0 Å². The van der Waals surface area contributed by atoms with Gasteiger partial charge in [0.15, 0.2) is 5.13 Å². The SMILES string of the molecule is CC1CCc2nc(NC(=O)C3CSCN3)sc2C1.Cl. The lowest BCUT2D eigenvalue weighted by Crippen LogP contribution is -2.37. The van der Waals surface area contributed by atoms with Gasteiger partial charge < -0.3 is 5.32 Å². The zero-order chi connectivity index (χ0) is 12.5. The second-order valence-corrected chi connectivity index (χ2v) is 7.11. The van der Waals surface area contributed by atoms with Crippen molar-refractivity contribution >= 4 is 46.5 Å². The summed E-state index contributed by atoms with van der Waals surface area (Å²) >= 11 is 3.41. The summed E-state index contributed by atoms with van der Waals surface area (Å²) in [4.78, 5) is 17.9. The summed E-state index contributed by atoms with van der Waals surface area (Å²) in [6.45, 7) is 2.28. The van der Waals surface area contributed by atoms with Gasteiger partial charge in [0.1, 0.15) is 0 Å². The van der Waals surface area contributed by atoms with Crippen molar-refractivity contribution in [2.45, 2.75) is 32.2 Å². The molecule has 7 heteroatoms. The van der Waals surface area contributed by atoms with E-state index in [0.29, 0.717) is 0 Å². The molecule has 1 fully saturated rings. The highest BCUT2D eigenvalue weighted by Crippen LogP contribution is 2.32. The third-order valence-corrected chi connectivity index (χ3v) is 5.42. The van der Waals surface area contributed by atoms with Crippen LogP contribution < -0.4 is 10.6 Å². The first-order valence-corrected chi connectivity index (χ1v) is 8.30. The first-order valence-electron chi connectivity index (χ1n) is 6.33. The number of aryl methyl sites for hydroxylation is 1. The summed E-state index contributed by atoms with van der Waals surface area (Å²) in [5.74, 6) is 2.52. The van der Waals surface area contributed by atoms with Gasteiger partial charge in [-0.1, -0.05) is 6.92 Å². The van der Waals surface area contributed by atoms with Gasteiger partial charge in [-0.05, 0) is 25.2 Å². The molecule has 1 aliphatic carbocycles. The van der Waals surface area contributed by atoms with E-state index >= 15 is 0 Å². The minimum absolute atomic E-state index is 0. The molecule has 1 aliphatic heterocycles. The van der Waals surface area contributed by atoms with E-state index in [1.54, 1.807) is 23.1 Å². The first-order chi connectivity index (χ1) is 8.72. The molecule has 2 atom stereocenters. The normalized spacial score (nSPS) is 25.5. The zero-order valence-corrected chi connectivity index (χ0v) is 13.2. The van der Waals surface area contributed by atoms with Gasteiger partial charge in [0.05, 0.1) is 11.7 Å². The van der Waals surface area contributed by atoms with Gasteiger partial charge in [0.25, 0.3) is 0 Å². The van der Waals surface area contributed by atoms with Crippen LogP contribution in [-0.4, -0.2) is 28.6 Å². The second-order valence-electron chi connectivity index (χ2n) is 5.00. The Kier molecular flexibility index (Phi) is 5.11. The van der Waals surface area contributed by atoms with Crippen molar-refractivity contribution in [3.63, 3.8) is 0 Å². The number of fused-ring (bicyclic) bond motifs is 1. The lowest BCUT2D eigenvalue weighted by molar-refractivity contribution is -0.117. The number of amides is 1. The van der Waals surface area contributed by atoms with Crippen molar-refractivity contribution in [2.75, 3.05) is 16.9 Å². The molecular weight excluding hydrogens is 302 g/mol. The summed E-state index contributed by atoms with van der Waals surface area (Å²) in [5.41, 5.74) is 1.20. The maximum atomic E-state index is 12.0. The van der Waals surface area contributed by atoms with Gasteiger partial charge in [-0.25, -0.2) is 4.98 Å². The molecule has 2 N–H and O–H groups in total. The smallest absolute Gasteiger partial charge is 0.244 e. The van der Waals surface area contributed by atoms with Crippen LogP contribution in [0.5, 0.6) is 0 Å². The highest BCUT2D eigenvalue weighted by atomic mass is 35.5. The molecule has 1 amide bonds. The Bertz CT molecular complexity index is 460. The fourth-order valence-electron chi connectivity index (χ4n) is 2.35. The van der Waals surface area contributed by atoms with Crippen molar-refractivity contribution in [1.82, 2.24) is 10.3 Å². The predicted molar refractivity (Wildman–Crippen MR) is 83.4 cm³/mol. The van der Waals surface area contributed by atoms with Crippen LogP contribution >= 0.6 is 35.5 Å². The van der Waals surface area contributed by atoms with E-state index in [1.807, 2.05) is 0 Å². The highest BCUT2D eigenvalue weighted by molar-refractivity contribution is 7.99. The maximum Gasteiger partial charge on any atom is 0.244 e. The molecule has 0 saturated carbocycles. The molecule has 0 spiro atoms. The van der Waals surface area contributed by atoms with E-state index in [0.717, 1.165) is 35.5 Å². The van der Waals surface area contributed by atoms with Crippen LogP contribution in [0.4, 0.5) is 5.13 Å². The minimum atomic E-state index is -0.0603. The van der Waals surface area contributed by atoms with Gasteiger partial charge >= 0.3 is 0 Å². The van der Waals surface area contributed by atoms with E-state index in [-0.39, 0.29) is 24.4 Å². The van der Waals surface area contributed by atoms with E-state index < -0.39 is 0 Å². The van der Waals surface area contributed by atoms with E-state index in [1.165, 1.54) is 17.0 Å². The monoisotopic (exact) mass is 319 g/mol. The quantitative estimate of drug-likeness (QED) is 0.878. The van der Waals surface area contributed by atoms with Crippen LogP contribution in [0.1, 0.15) is 23.9 Å². The number of rotatable bonds is 2. The molecule has 0 aromatic carbocycles. The Morgan fingerprint density at radius 3 is 3.11 bits per heavy atom. The van der Waals surface area contributed by atoms with Crippen LogP contribution in [0.25, 0.3) is 0 Å². The highest BCUT2D eigenvalue weighted by Gasteiger charge is 2.25. The maximum absolute atomic E-state index is 12.0. The van der Waals surface area contributed by atoms with Crippen LogP contribution in [-0.2, 0) is 17.6 Å². The molecular formula is C12H18ClN3OS2. The number of halogens is 1. The van der Waals surface area contributed by atoms with Crippen molar-refractivity contribution in [3.8, 4) is 0 Å². The molecule has 2 heterocycles. The summed E-state index contributed by atoms with van der Waals surface area (Å²) in [7, 11) is 0. The molecule has 3 rings (SSSR count). The Morgan fingerprint density at radius 1 is 1.53 bits per heavy atom. The number of carbonyl (C=O) groups is 1. The van der Waals surface area contributed by atoms with E-state index in [9.17, 15) is 4.79 Å². The molecule has 0 bridgehead atoms. The topological polar surface area (TPSA) is 54.0 Å². The fraction of sp³-hybridized carbons (Fsp3) is 0.667. The average molecular weight is 320 g/mol. The number of nitrogens with one attached hydrogen (secondary N) is 2. The van der Waals surface area contributed by atoms with E-state index in [2.05, 4.69) is 22.5 Å². The van der Waals surface area contributed by atoms with Gasteiger partial charge in [-0.3, -0.25) is 10.1 Å². The number of carbonyl (C=O) groups excluding carboxylic acids is 1. The molecule has 2 aliphatic rings. The number of anilines is 1. The predicted octanol–water partition coefficient (Wildman–Crippen LogP) is 2.29. The van der Waals surface area contributed by atoms with Gasteiger partial charge in [0.2, 0.25) is 5.91 Å². The number of hydrogen-bond donors (Lipinski definition) is 2. The minimum Gasteiger partial charge on any atom is -0.301 e. The summed E-state index contributed by atoms with van der Waals surface area (Å²) in [5, 5.41) is 6.90. The Hall–Kier alpha value is -0.300. The summed E-state index contributed by atoms with van der Waals surface area (Å²) in [6, 6.07) is -0.0603. The zero-order valence-electron chi connectivity index (χ0n) is 10.8. The van der Waals surface area contributed by atoms with Gasteiger partial charge in [-0.2, -0.15) is 0 Å². The number of thiazole rings is 1. The lowest BCUT2D eigenvalue weighted by atomic mass is 9.93. The third-order valence-electron chi connectivity index (χ3n) is 3.45. The number of thioether (sulfide) groups is 1. The third kappa shape index (κ3) is 3.42. The lowest BCUT2D eigenvalue weighted by Gasteiger charge is -2.15. The molecule has 2 unspecified atom stereocenters. The second kappa shape index (κ2) is 6.43. The molecule has 4 nitrogen and oxygen atoms in total. The number of nitrogens with zero attached hydrogens (tertiary/aromatic N) is 1. The van der Waals surface area contributed by atoms with Gasteiger partial charge in [-0.15, -0.1) is 35.5 Å². The molecule has 1 saturated heterocycles. The Morgan fingerprint density at radius 2 is 2.37 bits per heavy atom. The molecule has 0 radical (unpaired) electrons. The number of hydrogen-bond acceptors (Lipinski definition) is 5. The van der Waals surface area contributed by atoms with Crippen molar-refractivity contribution in [2.24, 2.45) is 5.92 Å². The van der Waals surface area contributed by atoms with Gasteiger partial charge in [0, 0.05) is 16.5 Å². The first kappa shape index (κ1) is 15.1. The van der Waals surface area contributed by atoms with Crippen molar-refractivity contribution < 1.29 is 4.79 Å². The van der Waals surface area contributed by atoms with Crippen LogP contribution in [0, 0.1) is 5.92 Å². The molecule has 106 valence electrons. The summed E-state index contributed by atoms with van der Waals surface area (Å²) < 4.78 is 0. The Labute approximate surface area is 127 Å². The van der Waals surface area contributed by atoms with Crippen molar-refractivity contribution in [1.29, 1.82) is 0 Å². The number of aromatic nitrogens is 1. The standard InChI is InChI=1S/C12H17N3OS2.ClH/c1-7-2-3-8-10(4-7)18-12(14-8)15-11(16)9-5-17-6-13-9;/h7,9,13H,2-6H2,1H3,(H,14,15,16);1H. The molecule has 19 heavy (non-hydrogen) atoms. The Balaban J connectivity index is 0.00000133.